The zero-order valence-corrected chi connectivity index (χ0v) is 10.3. The first kappa shape index (κ1) is 12.4. The molecule has 0 atom stereocenters. The van der Waals surface area contributed by atoms with E-state index in [0.29, 0.717) is 18.8 Å². The molecule has 0 aliphatic carbocycles. The Labute approximate surface area is 106 Å². The summed E-state index contributed by atoms with van der Waals surface area (Å²) in [5, 5.41) is 3.05. The highest BCUT2D eigenvalue weighted by Gasteiger charge is 2.03. The van der Waals surface area contributed by atoms with Crippen molar-refractivity contribution >= 4 is 5.69 Å². The average Bonchev–Trinajstić information content (AvgIpc) is 2.38. The summed E-state index contributed by atoms with van der Waals surface area (Å²) in [6, 6.07) is 14.6. The Morgan fingerprint density at radius 1 is 1.06 bits per heavy atom. The molecular formula is C15H16FNO. The van der Waals surface area contributed by atoms with Crippen LogP contribution in [0.15, 0.2) is 48.5 Å². The van der Waals surface area contributed by atoms with Crippen molar-refractivity contribution in [3.8, 4) is 5.75 Å². The lowest BCUT2D eigenvalue weighted by atomic mass is 10.2. The van der Waals surface area contributed by atoms with Crippen LogP contribution >= 0.6 is 0 Å². The second-order valence-electron chi connectivity index (χ2n) is 4.02. The van der Waals surface area contributed by atoms with Gasteiger partial charge in [-0.05, 0) is 30.7 Å². The number of ether oxygens (including phenoxy) is 1. The first-order chi connectivity index (χ1) is 8.77. The van der Waals surface area contributed by atoms with Crippen LogP contribution < -0.4 is 10.1 Å². The maximum Gasteiger partial charge on any atom is 0.146 e. The zero-order chi connectivity index (χ0) is 12.8. The van der Waals surface area contributed by atoms with Gasteiger partial charge in [-0.1, -0.05) is 30.3 Å². The molecule has 18 heavy (non-hydrogen) atoms. The minimum Gasteiger partial charge on any atom is -0.492 e. The molecule has 0 saturated carbocycles. The minimum atomic E-state index is -0.227. The van der Waals surface area contributed by atoms with Gasteiger partial charge in [0, 0.05) is 6.54 Å². The van der Waals surface area contributed by atoms with Gasteiger partial charge in [-0.15, -0.1) is 0 Å². The molecule has 0 bridgehead atoms. The van der Waals surface area contributed by atoms with Crippen LogP contribution in [0.3, 0.4) is 0 Å². The lowest BCUT2D eigenvalue weighted by molar-refractivity contribution is 0.332. The topological polar surface area (TPSA) is 21.3 Å². The molecule has 0 heterocycles. The zero-order valence-electron chi connectivity index (χ0n) is 10.3. The largest absolute Gasteiger partial charge is 0.492 e. The third kappa shape index (κ3) is 3.23. The van der Waals surface area contributed by atoms with Crippen LogP contribution in [0.2, 0.25) is 0 Å². The van der Waals surface area contributed by atoms with Crippen molar-refractivity contribution in [2.45, 2.75) is 6.92 Å². The van der Waals surface area contributed by atoms with E-state index in [0.717, 1.165) is 11.3 Å². The first-order valence-electron chi connectivity index (χ1n) is 5.94. The smallest absolute Gasteiger partial charge is 0.146 e. The lowest BCUT2D eigenvalue weighted by Gasteiger charge is -2.11. The number of rotatable bonds is 5. The fourth-order valence-corrected chi connectivity index (χ4v) is 1.72. The number of aryl methyl sites for hydroxylation is 1. The molecule has 2 nitrogen and oxygen atoms in total. The molecule has 94 valence electrons. The predicted octanol–water partition coefficient (Wildman–Crippen LogP) is 3.63. The summed E-state index contributed by atoms with van der Waals surface area (Å²) in [4.78, 5) is 0. The van der Waals surface area contributed by atoms with Crippen LogP contribution in [-0.4, -0.2) is 13.2 Å². The van der Waals surface area contributed by atoms with Crippen molar-refractivity contribution in [1.82, 2.24) is 0 Å². The van der Waals surface area contributed by atoms with E-state index < -0.39 is 0 Å². The molecule has 0 fully saturated rings. The molecule has 3 heteroatoms. The number of nitrogens with one attached hydrogen (secondary N) is 1. The van der Waals surface area contributed by atoms with Crippen molar-refractivity contribution in [3.05, 3.63) is 59.9 Å². The number of para-hydroxylation sites is 2. The molecule has 0 unspecified atom stereocenters. The quantitative estimate of drug-likeness (QED) is 0.812. The molecule has 0 radical (unpaired) electrons. The van der Waals surface area contributed by atoms with Gasteiger partial charge in [0.25, 0.3) is 0 Å². The molecule has 2 rings (SSSR count). The van der Waals surface area contributed by atoms with Gasteiger partial charge < -0.3 is 10.1 Å². The Morgan fingerprint density at radius 3 is 2.56 bits per heavy atom. The van der Waals surface area contributed by atoms with E-state index in [9.17, 15) is 4.39 Å². The van der Waals surface area contributed by atoms with E-state index >= 15 is 0 Å². The highest BCUT2D eigenvalue weighted by atomic mass is 19.1. The van der Waals surface area contributed by atoms with E-state index in [1.54, 1.807) is 6.07 Å². The third-order valence-corrected chi connectivity index (χ3v) is 2.64. The number of anilines is 1. The summed E-state index contributed by atoms with van der Waals surface area (Å²) in [6.45, 7) is 2.94. The predicted molar refractivity (Wildman–Crippen MR) is 71.6 cm³/mol. The van der Waals surface area contributed by atoms with Gasteiger partial charge >= 0.3 is 0 Å². The van der Waals surface area contributed by atoms with Crippen molar-refractivity contribution in [2.24, 2.45) is 0 Å². The summed E-state index contributed by atoms with van der Waals surface area (Å²) in [6.07, 6.45) is 0. The molecule has 0 aliphatic rings. The Morgan fingerprint density at radius 2 is 1.83 bits per heavy atom. The fraction of sp³-hybridized carbons (Fsp3) is 0.200. The molecular weight excluding hydrogens is 229 g/mol. The summed E-state index contributed by atoms with van der Waals surface area (Å²) in [7, 11) is 0. The van der Waals surface area contributed by atoms with Crippen LogP contribution in [0.25, 0.3) is 0 Å². The van der Waals surface area contributed by atoms with Crippen molar-refractivity contribution in [1.29, 1.82) is 0 Å². The molecule has 2 aromatic carbocycles. The number of halogens is 1. The summed E-state index contributed by atoms with van der Waals surface area (Å²) in [5.41, 5.74) is 1.45. The summed E-state index contributed by atoms with van der Waals surface area (Å²) < 4.78 is 19.0. The van der Waals surface area contributed by atoms with Gasteiger partial charge in [-0.25, -0.2) is 4.39 Å². The van der Waals surface area contributed by atoms with Gasteiger partial charge in [0.2, 0.25) is 0 Å². The number of hydrogen-bond acceptors (Lipinski definition) is 2. The van der Waals surface area contributed by atoms with E-state index in [2.05, 4.69) is 5.32 Å². The van der Waals surface area contributed by atoms with E-state index in [4.69, 9.17) is 4.74 Å². The summed E-state index contributed by atoms with van der Waals surface area (Å²) >= 11 is 0. The normalized spacial score (nSPS) is 10.1. The van der Waals surface area contributed by atoms with E-state index in [-0.39, 0.29) is 5.82 Å². The first-order valence-corrected chi connectivity index (χ1v) is 5.94. The highest BCUT2D eigenvalue weighted by molar-refractivity contribution is 5.51. The maximum atomic E-state index is 13.5. The van der Waals surface area contributed by atoms with E-state index in [1.165, 1.54) is 6.07 Å². The van der Waals surface area contributed by atoms with Crippen LogP contribution in [0.4, 0.5) is 10.1 Å². The Kier molecular flexibility index (Phi) is 4.18. The van der Waals surface area contributed by atoms with Crippen LogP contribution in [0.5, 0.6) is 5.75 Å². The van der Waals surface area contributed by atoms with Crippen LogP contribution in [0.1, 0.15) is 5.56 Å². The standard InChI is InChI=1S/C15H16FNO/c1-12-6-5-9-14(16)15(12)17-10-11-18-13-7-3-2-4-8-13/h2-9,17H,10-11H2,1H3. The van der Waals surface area contributed by atoms with Crippen molar-refractivity contribution < 1.29 is 9.13 Å². The van der Waals surface area contributed by atoms with Gasteiger partial charge in [-0.2, -0.15) is 0 Å². The molecule has 1 N–H and O–H groups in total. The molecule has 2 aromatic rings. The fourth-order valence-electron chi connectivity index (χ4n) is 1.72. The second kappa shape index (κ2) is 6.05. The minimum absolute atomic E-state index is 0.227. The number of hydrogen-bond donors (Lipinski definition) is 1. The summed E-state index contributed by atoms with van der Waals surface area (Å²) in [5.74, 6) is 0.597. The Balaban J connectivity index is 1.82. The Hall–Kier alpha value is -2.03. The lowest BCUT2D eigenvalue weighted by Crippen LogP contribution is -2.13. The average molecular weight is 245 g/mol. The van der Waals surface area contributed by atoms with Gasteiger partial charge in [0.05, 0.1) is 5.69 Å². The second-order valence-corrected chi connectivity index (χ2v) is 4.02. The Bertz CT molecular complexity index is 479. The van der Waals surface area contributed by atoms with Gasteiger partial charge in [0.1, 0.15) is 18.2 Å². The molecule has 0 amide bonds. The highest BCUT2D eigenvalue weighted by Crippen LogP contribution is 2.18. The number of benzene rings is 2. The molecule has 0 aromatic heterocycles. The van der Waals surface area contributed by atoms with Crippen LogP contribution in [-0.2, 0) is 0 Å². The van der Waals surface area contributed by atoms with Gasteiger partial charge in [-0.3, -0.25) is 0 Å². The SMILES string of the molecule is Cc1cccc(F)c1NCCOc1ccccc1. The van der Waals surface area contributed by atoms with Crippen molar-refractivity contribution in [3.63, 3.8) is 0 Å². The molecule has 0 spiro atoms. The van der Waals surface area contributed by atoms with Crippen molar-refractivity contribution in [2.75, 3.05) is 18.5 Å². The monoisotopic (exact) mass is 245 g/mol. The maximum absolute atomic E-state index is 13.5. The molecule has 0 aliphatic heterocycles. The van der Waals surface area contributed by atoms with Crippen LogP contribution in [0, 0.1) is 12.7 Å². The molecule has 0 saturated heterocycles. The third-order valence-electron chi connectivity index (χ3n) is 2.64. The van der Waals surface area contributed by atoms with Gasteiger partial charge in [0.15, 0.2) is 0 Å². The van der Waals surface area contributed by atoms with E-state index in [1.807, 2.05) is 43.3 Å².